The van der Waals surface area contributed by atoms with E-state index < -0.39 is 35.1 Å². The van der Waals surface area contributed by atoms with Crippen molar-refractivity contribution in [1.29, 1.82) is 0 Å². The summed E-state index contributed by atoms with van der Waals surface area (Å²) in [5.41, 5.74) is -1.61. The van der Waals surface area contributed by atoms with Crippen molar-refractivity contribution in [2.75, 3.05) is 10.6 Å². The average Bonchev–Trinajstić information content (AvgIpc) is 3.00. The maximum absolute atomic E-state index is 13.8. The second-order valence-corrected chi connectivity index (χ2v) is 6.74. The lowest BCUT2D eigenvalue weighted by Gasteiger charge is -2.15. The lowest BCUT2D eigenvalue weighted by molar-refractivity contribution is -0.137. The van der Waals surface area contributed by atoms with E-state index in [0.29, 0.717) is 4.70 Å². The fourth-order valence-corrected chi connectivity index (χ4v) is 3.46. The Hall–Kier alpha value is -2.94. The van der Waals surface area contributed by atoms with Gasteiger partial charge in [-0.05, 0) is 36.4 Å². The number of benzene rings is 2. The molecule has 0 fully saturated rings. The molecule has 3 rings (SSSR count). The summed E-state index contributed by atoms with van der Waals surface area (Å²) >= 11 is 0.973. The Morgan fingerprint density at radius 2 is 1.78 bits per heavy atom. The van der Waals surface area contributed by atoms with Gasteiger partial charge in [0.25, 0.3) is 5.91 Å². The van der Waals surface area contributed by atoms with Gasteiger partial charge >= 0.3 is 6.18 Å². The number of rotatable bonds is 3. The molecule has 0 saturated heterocycles. The maximum atomic E-state index is 13.8. The quantitative estimate of drug-likeness (QED) is 0.593. The molecule has 0 saturated carbocycles. The van der Waals surface area contributed by atoms with Crippen LogP contribution in [0.2, 0.25) is 0 Å². The van der Waals surface area contributed by atoms with Crippen molar-refractivity contribution in [2.24, 2.45) is 0 Å². The largest absolute Gasteiger partial charge is 0.418 e. The van der Waals surface area contributed by atoms with E-state index in [1.807, 2.05) is 0 Å². The molecule has 1 heterocycles. The monoisotopic (exact) mass is 396 g/mol. The normalized spacial score (nSPS) is 11.4. The number of thiophene rings is 1. The molecule has 4 nitrogen and oxygen atoms in total. The SMILES string of the molecule is CC(=O)Nc1ccc(NC(=O)c2cc3c(F)cccc3s2)c(C(F)(F)F)c1. The lowest BCUT2D eigenvalue weighted by atomic mass is 10.1. The number of anilines is 2. The second kappa shape index (κ2) is 6.99. The minimum absolute atomic E-state index is 0.0447. The fourth-order valence-electron chi connectivity index (χ4n) is 2.49. The summed E-state index contributed by atoms with van der Waals surface area (Å²) < 4.78 is 54.2. The first kappa shape index (κ1) is 18.8. The predicted octanol–water partition coefficient (Wildman–Crippen LogP) is 5.27. The zero-order valence-corrected chi connectivity index (χ0v) is 14.6. The first-order valence-corrected chi connectivity index (χ1v) is 8.45. The Kier molecular flexibility index (Phi) is 4.88. The van der Waals surface area contributed by atoms with Crippen LogP contribution in [0, 0.1) is 5.82 Å². The van der Waals surface area contributed by atoms with E-state index in [0.717, 1.165) is 23.5 Å². The molecular formula is C18H12F4N2O2S. The van der Waals surface area contributed by atoms with E-state index >= 15 is 0 Å². The Balaban J connectivity index is 1.94. The molecule has 0 radical (unpaired) electrons. The van der Waals surface area contributed by atoms with Gasteiger partial charge in [-0.15, -0.1) is 11.3 Å². The number of amides is 2. The van der Waals surface area contributed by atoms with Crippen molar-refractivity contribution in [3.05, 3.63) is 58.7 Å². The molecule has 0 bridgehead atoms. The third-order valence-corrected chi connectivity index (χ3v) is 4.72. The minimum Gasteiger partial charge on any atom is -0.326 e. The standard InChI is InChI=1S/C18H12F4N2O2S/c1-9(25)23-10-5-6-14(12(7-10)18(20,21)22)24-17(26)16-8-11-13(19)3-2-4-15(11)27-16/h2-8H,1H3,(H,23,25)(H,24,26). The summed E-state index contributed by atoms with van der Waals surface area (Å²) in [6.45, 7) is 1.17. The zero-order chi connectivity index (χ0) is 19.8. The van der Waals surface area contributed by atoms with Crippen LogP contribution in [0.4, 0.5) is 28.9 Å². The van der Waals surface area contributed by atoms with Crippen LogP contribution in [0.5, 0.6) is 0 Å². The molecule has 0 aliphatic heterocycles. The summed E-state index contributed by atoms with van der Waals surface area (Å²) in [6, 6.07) is 8.67. The van der Waals surface area contributed by atoms with Crippen LogP contribution in [0.3, 0.4) is 0 Å². The molecule has 2 N–H and O–H groups in total. The van der Waals surface area contributed by atoms with Gasteiger partial charge in [-0.3, -0.25) is 9.59 Å². The Morgan fingerprint density at radius 1 is 1.04 bits per heavy atom. The van der Waals surface area contributed by atoms with E-state index in [9.17, 15) is 27.2 Å². The zero-order valence-electron chi connectivity index (χ0n) is 13.8. The molecule has 140 valence electrons. The van der Waals surface area contributed by atoms with Gasteiger partial charge in [-0.1, -0.05) is 6.07 Å². The van der Waals surface area contributed by atoms with Gasteiger partial charge in [0.15, 0.2) is 0 Å². The number of hydrogen-bond donors (Lipinski definition) is 2. The van der Waals surface area contributed by atoms with Gasteiger partial charge in [0.05, 0.1) is 16.1 Å². The smallest absolute Gasteiger partial charge is 0.326 e. The fraction of sp³-hybridized carbons (Fsp3) is 0.111. The maximum Gasteiger partial charge on any atom is 0.418 e. The van der Waals surface area contributed by atoms with Crippen LogP contribution in [0.15, 0.2) is 42.5 Å². The molecule has 2 aromatic carbocycles. The van der Waals surface area contributed by atoms with Crippen molar-refractivity contribution in [3.63, 3.8) is 0 Å². The van der Waals surface area contributed by atoms with Crippen LogP contribution in [0.1, 0.15) is 22.2 Å². The molecule has 2 amide bonds. The molecule has 0 spiro atoms. The number of carbonyl (C=O) groups excluding carboxylic acids is 2. The molecule has 9 heteroatoms. The molecule has 0 unspecified atom stereocenters. The third-order valence-electron chi connectivity index (χ3n) is 3.63. The van der Waals surface area contributed by atoms with Gasteiger partial charge < -0.3 is 10.6 Å². The van der Waals surface area contributed by atoms with Crippen molar-refractivity contribution in [2.45, 2.75) is 13.1 Å². The number of nitrogens with one attached hydrogen (secondary N) is 2. The number of hydrogen-bond acceptors (Lipinski definition) is 3. The van der Waals surface area contributed by atoms with Gasteiger partial charge in [-0.25, -0.2) is 4.39 Å². The Bertz CT molecular complexity index is 1040. The molecule has 3 aromatic rings. The van der Waals surface area contributed by atoms with E-state index in [-0.39, 0.29) is 16.0 Å². The first-order valence-electron chi connectivity index (χ1n) is 7.63. The predicted molar refractivity (Wildman–Crippen MR) is 95.5 cm³/mol. The first-order chi connectivity index (χ1) is 12.6. The third kappa shape index (κ3) is 4.08. The van der Waals surface area contributed by atoms with Crippen LogP contribution in [0.25, 0.3) is 10.1 Å². The van der Waals surface area contributed by atoms with E-state index in [2.05, 4.69) is 10.6 Å². The van der Waals surface area contributed by atoms with E-state index in [1.54, 1.807) is 6.07 Å². The second-order valence-electron chi connectivity index (χ2n) is 5.66. The average molecular weight is 396 g/mol. The molecule has 0 aliphatic rings. The number of alkyl halides is 3. The van der Waals surface area contributed by atoms with Crippen molar-refractivity contribution in [3.8, 4) is 0 Å². The highest BCUT2D eigenvalue weighted by Gasteiger charge is 2.34. The van der Waals surface area contributed by atoms with Crippen molar-refractivity contribution < 1.29 is 27.2 Å². The van der Waals surface area contributed by atoms with Gasteiger partial charge in [0.1, 0.15) is 5.82 Å². The molecular weight excluding hydrogens is 384 g/mol. The minimum atomic E-state index is -4.75. The summed E-state index contributed by atoms with van der Waals surface area (Å²) in [5.74, 6) is -1.82. The van der Waals surface area contributed by atoms with Gasteiger partial charge in [-0.2, -0.15) is 13.2 Å². The van der Waals surface area contributed by atoms with Crippen LogP contribution < -0.4 is 10.6 Å². The van der Waals surface area contributed by atoms with Crippen LogP contribution >= 0.6 is 11.3 Å². The molecule has 27 heavy (non-hydrogen) atoms. The molecule has 0 atom stereocenters. The number of fused-ring (bicyclic) bond motifs is 1. The van der Waals surface area contributed by atoms with Gasteiger partial charge in [0.2, 0.25) is 5.91 Å². The topological polar surface area (TPSA) is 58.2 Å². The van der Waals surface area contributed by atoms with Crippen molar-refractivity contribution >= 4 is 44.6 Å². The van der Waals surface area contributed by atoms with E-state index in [1.165, 1.54) is 31.2 Å². The van der Waals surface area contributed by atoms with Crippen LogP contribution in [-0.4, -0.2) is 11.8 Å². The number of carbonyl (C=O) groups is 2. The number of halogens is 4. The van der Waals surface area contributed by atoms with E-state index in [4.69, 9.17) is 0 Å². The highest BCUT2D eigenvalue weighted by molar-refractivity contribution is 7.20. The summed E-state index contributed by atoms with van der Waals surface area (Å²) in [5, 5.41) is 4.70. The van der Waals surface area contributed by atoms with Crippen molar-refractivity contribution in [1.82, 2.24) is 0 Å². The molecule has 1 aromatic heterocycles. The Labute approximate surface area is 154 Å². The summed E-state index contributed by atoms with van der Waals surface area (Å²) in [6.07, 6.45) is -4.75. The van der Waals surface area contributed by atoms with Gasteiger partial charge in [0, 0.05) is 22.7 Å². The molecule has 0 aliphatic carbocycles. The lowest BCUT2D eigenvalue weighted by Crippen LogP contribution is -2.16. The Morgan fingerprint density at radius 3 is 2.41 bits per heavy atom. The summed E-state index contributed by atoms with van der Waals surface area (Å²) in [7, 11) is 0. The summed E-state index contributed by atoms with van der Waals surface area (Å²) in [4.78, 5) is 23.5. The van der Waals surface area contributed by atoms with Crippen LogP contribution in [-0.2, 0) is 11.0 Å². The highest BCUT2D eigenvalue weighted by atomic mass is 32.1. The highest BCUT2D eigenvalue weighted by Crippen LogP contribution is 2.37.